The van der Waals surface area contributed by atoms with Crippen molar-refractivity contribution < 1.29 is 65.1 Å². The summed E-state index contributed by atoms with van der Waals surface area (Å²) in [7, 11) is -2.50. The predicted octanol–water partition coefficient (Wildman–Crippen LogP) is 12.7. The molecule has 2 heterocycles. The molecule has 12 nitrogen and oxygen atoms in total. The Bertz CT molecular complexity index is 2870. The van der Waals surface area contributed by atoms with Crippen LogP contribution >= 0.6 is 11.8 Å². The number of esters is 2. The van der Waals surface area contributed by atoms with Gasteiger partial charge in [0, 0.05) is 23.6 Å². The molecule has 17 heteroatoms. The predicted molar refractivity (Wildman–Crippen MR) is 298 cm³/mol. The Hall–Kier alpha value is -5.99. The lowest BCUT2D eigenvalue weighted by molar-refractivity contribution is -0.326. The Morgan fingerprint density at radius 1 is 0.608 bits per heavy atom. The molecule has 6 aromatic rings. The molecule has 6 aromatic carbocycles. The Labute approximate surface area is 466 Å². The van der Waals surface area contributed by atoms with Crippen LogP contribution in [0.2, 0.25) is 18.1 Å². The van der Waals surface area contributed by atoms with Crippen LogP contribution in [0.15, 0.2) is 186 Å². The van der Waals surface area contributed by atoms with Gasteiger partial charge in [0.2, 0.25) is 0 Å². The maximum absolute atomic E-state index is 14.8. The lowest BCUT2D eigenvalue weighted by Crippen LogP contribution is -2.65. The van der Waals surface area contributed by atoms with Gasteiger partial charge in [-0.2, -0.15) is 13.2 Å². The SMILES string of the molecule is CC(=O)OC[C@H]1O[C@H](O[C@H]2[C@@H](OCc3ccccc3)[C@@H](CO[Si](C)(C)C(C)(C)C)O[C@@H](Sc3ccccc3)[C@@H]2OC(=O)c2ccccc2)[C@H](N=Cc2ccccc2C(F)(F)F)[C@@H](OCc2ccccc2)[C@@H]1OCc1ccccc1. The lowest BCUT2D eigenvalue weighted by atomic mass is 9.95. The molecule has 0 aliphatic carbocycles. The first-order valence-electron chi connectivity index (χ1n) is 26.3. The van der Waals surface area contributed by atoms with Gasteiger partial charge in [0.15, 0.2) is 20.7 Å². The fourth-order valence-electron chi connectivity index (χ4n) is 8.87. The molecule has 79 heavy (non-hydrogen) atoms. The number of hydrogen-bond acceptors (Lipinski definition) is 13. The molecule has 8 rings (SSSR count). The van der Waals surface area contributed by atoms with Gasteiger partial charge in [-0.1, -0.05) is 178 Å². The summed E-state index contributed by atoms with van der Waals surface area (Å²) in [6.07, 6.45) is -13.1. The normalized spacial score (nSPS) is 23.8. The van der Waals surface area contributed by atoms with Crippen LogP contribution in [-0.2, 0) is 73.1 Å². The molecule has 0 aromatic heterocycles. The summed E-state index contributed by atoms with van der Waals surface area (Å²) in [5, 5.41) is -0.208. The molecule has 10 atom stereocenters. The molecule has 0 saturated carbocycles. The van der Waals surface area contributed by atoms with E-state index in [2.05, 4.69) is 33.9 Å². The van der Waals surface area contributed by atoms with E-state index in [0.717, 1.165) is 33.9 Å². The first-order valence-corrected chi connectivity index (χ1v) is 30.1. The summed E-state index contributed by atoms with van der Waals surface area (Å²) < 4.78 is 106. The molecular formula is C62H68F3NO11SSi. The van der Waals surface area contributed by atoms with Crippen molar-refractivity contribution in [1.29, 1.82) is 0 Å². The molecule has 2 fully saturated rings. The highest BCUT2D eigenvalue weighted by molar-refractivity contribution is 7.99. The molecule has 0 radical (unpaired) electrons. The van der Waals surface area contributed by atoms with Gasteiger partial charge in [0.05, 0.1) is 37.6 Å². The average molecular weight is 1120 g/mol. The van der Waals surface area contributed by atoms with Crippen molar-refractivity contribution in [3.05, 3.63) is 209 Å². The number of halogens is 3. The van der Waals surface area contributed by atoms with Crippen molar-refractivity contribution in [3.63, 3.8) is 0 Å². The summed E-state index contributed by atoms with van der Waals surface area (Å²) in [5.41, 5.74) is 0.499. The van der Waals surface area contributed by atoms with Gasteiger partial charge in [-0.05, 0) is 65.2 Å². The molecule has 0 unspecified atom stereocenters. The molecule has 2 aliphatic rings. The van der Waals surface area contributed by atoms with Crippen LogP contribution in [-0.4, -0.2) is 100 Å². The van der Waals surface area contributed by atoms with E-state index in [-0.39, 0.29) is 49.2 Å². The first kappa shape index (κ1) is 59.1. The van der Waals surface area contributed by atoms with E-state index in [0.29, 0.717) is 0 Å². The van der Waals surface area contributed by atoms with E-state index in [1.54, 1.807) is 30.3 Å². The van der Waals surface area contributed by atoms with Gasteiger partial charge in [0.1, 0.15) is 54.7 Å². The maximum Gasteiger partial charge on any atom is 0.417 e. The van der Waals surface area contributed by atoms with Crippen LogP contribution in [0.4, 0.5) is 13.2 Å². The van der Waals surface area contributed by atoms with Gasteiger partial charge in [-0.25, -0.2) is 4.79 Å². The molecule has 0 spiro atoms. The topological polar surface area (TPSA) is 130 Å². The number of carbonyl (C=O) groups excluding carboxylic acids is 2. The quantitative estimate of drug-likeness (QED) is 0.0364. The second kappa shape index (κ2) is 27.4. The number of nitrogens with zero attached hydrogens (tertiary/aromatic N) is 1. The fourth-order valence-corrected chi connectivity index (χ4v) is 11.0. The molecule has 2 saturated heterocycles. The summed E-state index contributed by atoms with van der Waals surface area (Å²) >= 11 is 1.31. The third kappa shape index (κ3) is 16.3. The van der Waals surface area contributed by atoms with Crippen LogP contribution in [0, 0.1) is 0 Å². The van der Waals surface area contributed by atoms with Crippen LogP contribution in [0.25, 0.3) is 0 Å². The zero-order valence-corrected chi connectivity index (χ0v) is 46.9. The van der Waals surface area contributed by atoms with Gasteiger partial charge in [-0.15, -0.1) is 0 Å². The summed E-state index contributed by atoms with van der Waals surface area (Å²) in [4.78, 5) is 33.1. The smallest absolute Gasteiger partial charge is 0.417 e. The average Bonchev–Trinajstić information content (AvgIpc) is 3.59. The Morgan fingerprint density at radius 2 is 1.09 bits per heavy atom. The van der Waals surface area contributed by atoms with Crippen LogP contribution in [0.5, 0.6) is 0 Å². The van der Waals surface area contributed by atoms with Crippen LogP contribution < -0.4 is 0 Å². The Balaban J connectivity index is 1.31. The maximum atomic E-state index is 14.8. The van der Waals surface area contributed by atoms with Gasteiger partial charge in [-0.3, -0.25) is 9.79 Å². The number of hydrogen-bond donors (Lipinski definition) is 0. The van der Waals surface area contributed by atoms with Gasteiger partial charge >= 0.3 is 18.1 Å². The van der Waals surface area contributed by atoms with E-state index in [4.69, 9.17) is 47.3 Å². The molecule has 0 amide bonds. The van der Waals surface area contributed by atoms with Crippen molar-refractivity contribution in [2.45, 2.75) is 137 Å². The Kier molecular flexibility index (Phi) is 20.5. The molecule has 418 valence electrons. The lowest BCUT2D eigenvalue weighted by Gasteiger charge is -2.50. The number of rotatable bonds is 22. The molecule has 0 bridgehead atoms. The largest absolute Gasteiger partial charge is 0.463 e. The van der Waals surface area contributed by atoms with Gasteiger partial charge in [0.25, 0.3) is 0 Å². The zero-order valence-electron chi connectivity index (χ0n) is 45.1. The number of carbonyl (C=O) groups is 2. The van der Waals surface area contributed by atoms with Crippen molar-refractivity contribution >= 4 is 38.2 Å². The highest BCUT2D eigenvalue weighted by Crippen LogP contribution is 2.43. The number of alkyl halides is 3. The summed E-state index contributed by atoms with van der Waals surface area (Å²) in [6, 6.07) is 50.0. The van der Waals surface area contributed by atoms with E-state index >= 15 is 0 Å². The number of benzene rings is 6. The molecule has 0 N–H and O–H groups in total. The number of aliphatic imine (C=N–C) groups is 1. The monoisotopic (exact) mass is 1120 g/mol. The molecule has 2 aliphatic heterocycles. The fraction of sp³-hybridized carbons (Fsp3) is 0.371. The van der Waals surface area contributed by atoms with E-state index in [1.165, 1.54) is 36.9 Å². The zero-order chi connectivity index (χ0) is 56.0. The van der Waals surface area contributed by atoms with Gasteiger partial charge < -0.3 is 42.3 Å². The van der Waals surface area contributed by atoms with Crippen LogP contribution in [0.1, 0.15) is 65.9 Å². The minimum Gasteiger partial charge on any atom is -0.463 e. The van der Waals surface area contributed by atoms with Crippen LogP contribution in [0.3, 0.4) is 0 Å². The highest BCUT2D eigenvalue weighted by Gasteiger charge is 2.56. The second-order valence-corrected chi connectivity index (χ2v) is 26.8. The third-order valence-electron chi connectivity index (χ3n) is 14.1. The van der Waals surface area contributed by atoms with E-state index < -0.39 is 92.5 Å². The Morgan fingerprint density at radius 3 is 1.62 bits per heavy atom. The minimum atomic E-state index is -4.74. The number of ether oxygens (including phenoxy) is 8. The van der Waals surface area contributed by atoms with E-state index in [1.807, 2.05) is 121 Å². The van der Waals surface area contributed by atoms with Crippen molar-refractivity contribution in [2.75, 3.05) is 13.2 Å². The summed E-state index contributed by atoms with van der Waals surface area (Å²) in [5.74, 6) is -1.29. The highest BCUT2D eigenvalue weighted by atomic mass is 32.2. The second-order valence-electron chi connectivity index (χ2n) is 20.9. The first-order chi connectivity index (χ1) is 37.9. The standard InChI is InChI=1S/C62H68F3NO11SSi/c1-42(67)69-40-50-53(70-37-43-24-12-7-13-25-43)55(72-39-45-28-16-9-17-29-45)52(66-36-47-32-22-23-35-49(47)62(63,64)65)59(74-50)77-56-54(71-38-44-26-14-8-15-27-44)51(41-73-79(5,6)61(2,3)4)75-60(78-48-33-20-11-21-34-48)57(56)76-58(68)46-30-18-10-19-31-46/h7-36,50-57,59-60H,37-41H2,1-6H3/t50-,51-,52-,53-,54+,55-,56+,57-,59-,60+/m1/s1. The third-order valence-corrected chi connectivity index (χ3v) is 19.8. The van der Waals surface area contributed by atoms with Crippen molar-refractivity contribution in [2.24, 2.45) is 4.99 Å². The van der Waals surface area contributed by atoms with Crippen molar-refractivity contribution in [1.82, 2.24) is 0 Å². The minimum absolute atomic E-state index is 0.00504. The van der Waals surface area contributed by atoms with E-state index in [9.17, 15) is 22.8 Å². The number of thioether (sulfide) groups is 1. The molecular weight excluding hydrogens is 1050 g/mol. The van der Waals surface area contributed by atoms with Crippen molar-refractivity contribution in [3.8, 4) is 0 Å². The summed E-state index contributed by atoms with van der Waals surface area (Å²) in [6.45, 7) is 11.7.